The standard InChI is InChI=1S/C12H16FNO5S/c1-14(6-3-7-19-2)20(17,18)11-8-9(12(15)16)4-5-10(11)13/h4-5,8H,3,6-7H2,1-2H3,(H,15,16). The number of methoxy groups -OCH3 is 1. The van der Waals surface area contributed by atoms with E-state index in [1.54, 1.807) is 0 Å². The number of halogens is 1. The summed E-state index contributed by atoms with van der Waals surface area (Å²) in [5.74, 6) is -2.29. The van der Waals surface area contributed by atoms with Gasteiger partial charge in [-0.2, -0.15) is 0 Å². The molecule has 0 aromatic heterocycles. The number of aromatic carboxylic acids is 1. The lowest BCUT2D eigenvalue weighted by atomic mass is 10.2. The average Bonchev–Trinajstić information content (AvgIpc) is 2.38. The lowest BCUT2D eigenvalue weighted by Crippen LogP contribution is -2.29. The number of nitrogens with zero attached hydrogens (tertiary/aromatic N) is 1. The Kier molecular flexibility index (Phi) is 5.61. The Morgan fingerprint density at radius 1 is 1.45 bits per heavy atom. The van der Waals surface area contributed by atoms with Crippen LogP contribution in [-0.4, -0.2) is 51.1 Å². The molecule has 0 saturated heterocycles. The molecule has 6 nitrogen and oxygen atoms in total. The largest absolute Gasteiger partial charge is 0.478 e. The third-order valence-electron chi connectivity index (χ3n) is 2.69. The van der Waals surface area contributed by atoms with Gasteiger partial charge in [0.1, 0.15) is 10.7 Å². The Morgan fingerprint density at radius 3 is 2.65 bits per heavy atom. The summed E-state index contributed by atoms with van der Waals surface area (Å²) in [7, 11) is -1.27. The van der Waals surface area contributed by atoms with Crippen LogP contribution in [0.5, 0.6) is 0 Å². The van der Waals surface area contributed by atoms with E-state index in [-0.39, 0.29) is 12.1 Å². The van der Waals surface area contributed by atoms with Crippen LogP contribution in [0.3, 0.4) is 0 Å². The van der Waals surface area contributed by atoms with Crippen LogP contribution in [0.1, 0.15) is 16.8 Å². The second kappa shape index (κ2) is 6.78. The molecule has 1 rings (SSSR count). The van der Waals surface area contributed by atoms with Crippen LogP contribution < -0.4 is 0 Å². The van der Waals surface area contributed by atoms with Gasteiger partial charge in [0, 0.05) is 27.3 Å². The molecule has 0 unspecified atom stereocenters. The van der Waals surface area contributed by atoms with Crippen molar-refractivity contribution in [1.29, 1.82) is 0 Å². The fraction of sp³-hybridized carbons (Fsp3) is 0.417. The fourth-order valence-electron chi connectivity index (χ4n) is 1.55. The molecule has 0 atom stereocenters. The third-order valence-corrected chi connectivity index (χ3v) is 4.56. The first-order chi connectivity index (χ1) is 9.30. The Morgan fingerprint density at radius 2 is 2.10 bits per heavy atom. The van der Waals surface area contributed by atoms with Gasteiger partial charge in [0.2, 0.25) is 10.0 Å². The number of benzene rings is 1. The Balaban J connectivity index is 3.08. The summed E-state index contributed by atoms with van der Waals surface area (Å²) in [6, 6.07) is 2.67. The van der Waals surface area contributed by atoms with Gasteiger partial charge in [-0.25, -0.2) is 21.9 Å². The van der Waals surface area contributed by atoms with Crippen molar-refractivity contribution in [3.05, 3.63) is 29.6 Å². The van der Waals surface area contributed by atoms with Crippen molar-refractivity contribution in [3.8, 4) is 0 Å². The number of carboxylic acid groups (broad SMARTS) is 1. The monoisotopic (exact) mass is 305 g/mol. The molecule has 8 heteroatoms. The maximum absolute atomic E-state index is 13.7. The van der Waals surface area contributed by atoms with Crippen LogP contribution in [-0.2, 0) is 14.8 Å². The maximum Gasteiger partial charge on any atom is 0.335 e. The lowest BCUT2D eigenvalue weighted by molar-refractivity contribution is 0.0696. The number of hydrogen-bond donors (Lipinski definition) is 1. The zero-order valence-electron chi connectivity index (χ0n) is 11.2. The van der Waals surface area contributed by atoms with Crippen LogP contribution in [0.25, 0.3) is 0 Å². The van der Waals surface area contributed by atoms with Gasteiger partial charge in [-0.1, -0.05) is 0 Å². The summed E-state index contributed by atoms with van der Waals surface area (Å²) < 4.78 is 43.8. The van der Waals surface area contributed by atoms with E-state index in [1.807, 2.05) is 0 Å². The minimum Gasteiger partial charge on any atom is -0.478 e. The molecule has 0 bridgehead atoms. The maximum atomic E-state index is 13.7. The van der Waals surface area contributed by atoms with Gasteiger partial charge in [-0.3, -0.25) is 0 Å². The van der Waals surface area contributed by atoms with E-state index in [1.165, 1.54) is 14.2 Å². The van der Waals surface area contributed by atoms with Crippen LogP contribution in [0, 0.1) is 5.82 Å². The summed E-state index contributed by atoms with van der Waals surface area (Å²) >= 11 is 0. The van der Waals surface area contributed by atoms with Crippen molar-refractivity contribution in [2.45, 2.75) is 11.3 Å². The highest BCUT2D eigenvalue weighted by Crippen LogP contribution is 2.20. The van der Waals surface area contributed by atoms with E-state index in [4.69, 9.17) is 9.84 Å². The normalized spacial score (nSPS) is 11.8. The number of rotatable bonds is 7. The summed E-state index contributed by atoms with van der Waals surface area (Å²) in [6.07, 6.45) is 0.451. The molecular weight excluding hydrogens is 289 g/mol. The molecule has 1 aromatic rings. The first kappa shape index (κ1) is 16.5. The van der Waals surface area contributed by atoms with Crippen LogP contribution in [0.2, 0.25) is 0 Å². The van der Waals surface area contributed by atoms with Crippen molar-refractivity contribution >= 4 is 16.0 Å². The molecule has 0 spiro atoms. The van der Waals surface area contributed by atoms with Crippen molar-refractivity contribution < 1.29 is 27.4 Å². The van der Waals surface area contributed by atoms with Crippen LogP contribution >= 0.6 is 0 Å². The molecule has 0 heterocycles. The summed E-state index contributed by atoms with van der Waals surface area (Å²) in [4.78, 5) is 10.2. The highest BCUT2D eigenvalue weighted by Gasteiger charge is 2.25. The first-order valence-electron chi connectivity index (χ1n) is 5.79. The lowest BCUT2D eigenvalue weighted by Gasteiger charge is -2.17. The minimum absolute atomic E-state index is 0.146. The van der Waals surface area contributed by atoms with E-state index in [9.17, 15) is 17.6 Å². The van der Waals surface area contributed by atoms with Gasteiger partial charge in [-0.15, -0.1) is 0 Å². The fourth-order valence-corrected chi connectivity index (χ4v) is 2.85. The molecule has 1 aromatic carbocycles. The van der Waals surface area contributed by atoms with E-state index >= 15 is 0 Å². The molecule has 20 heavy (non-hydrogen) atoms. The van der Waals surface area contributed by atoms with Gasteiger partial charge in [0.25, 0.3) is 0 Å². The number of ether oxygens (including phenoxy) is 1. The third kappa shape index (κ3) is 3.75. The molecular formula is C12H16FNO5S. The molecule has 0 aliphatic carbocycles. The van der Waals surface area contributed by atoms with Gasteiger partial charge in [0.15, 0.2) is 0 Å². The number of carbonyl (C=O) groups is 1. The molecule has 0 aliphatic heterocycles. The SMILES string of the molecule is COCCCN(C)S(=O)(=O)c1cc(C(=O)O)ccc1F. The topological polar surface area (TPSA) is 83.9 Å². The molecule has 0 saturated carbocycles. The van der Waals surface area contributed by atoms with Gasteiger partial charge in [0.05, 0.1) is 5.56 Å². The van der Waals surface area contributed by atoms with Crippen molar-refractivity contribution in [3.63, 3.8) is 0 Å². The quantitative estimate of drug-likeness (QED) is 0.765. The smallest absolute Gasteiger partial charge is 0.335 e. The van der Waals surface area contributed by atoms with E-state index < -0.39 is 26.7 Å². The van der Waals surface area contributed by atoms with Gasteiger partial charge < -0.3 is 9.84 Å². The van der Waals surface area contributed by atoms with Gasteiger partial charge in [-0.05, 0) is 24.6 Å². The summed E-state index contributed by atoms with van der Waals surface area (Å²) in [5, 5.41) is 8.83. The zero-order chi connectivity index (χ0) is 15.3. The Hall–Kier alpha value is -1.51. The van der Waals surface area contributed by atoms with Crippen molar-refractivity contribution in [2.75, 3.05) is 27.3 Å². The van der Waals surface area contributed by atoms with Crippen molar-refractivity contribution in [1.82, 2.24) is 4.31 Å². The zero-order valence-corrected chi connectivity index (χ0v) is 12.0. The van der Waals surface area contributed by atoms with Crippen LogP contribution in [0.4, 0.5) is 4.39 Å². The minimum atomic E-state index is -4.07. The predicted molar refractivity (Wildman–Crippen MR) is 69.7 cm³/mol. The van der Waals surface area contributed by atoms with E-state index in [0.29, 0.717) is 13.0 Å². The summed E-state index contributed by atoms with van der Waals surface area (Å²) in [5.41, 5.74) is -0.282. The first-order valence-corrected chi connectivity index (χ1v) is 7.23. The molecule has 1 N–H and O–H groups in total. The van der Waals surface area contributed by atoms with E-state index in [0.717, 1.165) is 22.5 Å². The second-order valence-electron chi connectivity index (χ2n) is 4.12. The molecule has 0 aliphatic rings. The van der Waals surface area contributed by atoms with Crippen molar-refractivity contribution in [2.24, 2.45) is 0 Å². The molecule has 0 radical (unpaired) electrons. The Bertz CT molecular complexity index is 588. The number of hydrogen-bond acceptors (Lipinski definition) is 4. The highest BCUT2D eigenvalue weighted by atomic mass is 32.2. The second-order valence-corrected chi connectivity index (χ2v) is 6.14. The predicted octanol–water partition coefficient (Wildman–Crippen LogP) is 1.18. The highest BCUT2D eigenvalue weighted by molar-refractivity contribution is 7.89. The summed E-state index contributed by atoms with van der Waals surface area (Å²) in [6.45, 7) is 0.518. The van der Waals surface area contributed by atoms with Crippen LogP contribution in [0.15, 0.2) is 23.1 Å². The molecule has 0 fully saturated rings. The van der Waals surface area contributed by atoms with E-state index in [2.05, 4.69) is 0 Å². The molecule has 112 valence electrons. The Labute approximate surface area is 116 Å². The molecule has 0 amide bonds. The van der Waals surface area contributed by atoms with Gasteiger partial charge >= 0.3 is 5.97 Å². The number of carboxylic acids is 1. The average molecular weight is 305 g/mol. The number of sulfonamides is 1.